The van der Waals surface area contributed by atoms with E-state index in [1.54, 1.807) is 0 Å². The number of fused-ring (bicyclic) bond motifs is 2. The summed E-state index contributed by atoms with van der Waals surface area (Å²) in [7, 11) is 0. The Labute approximate surface area is 123 Å². The highest BCUT2D eigenvalue weighted by Gasteiger charge is 2.33. The van der Waals surface area contributed by atoms with Crippen molar-refractivity contribution in [2.24, 2.45) is 11.3 Å². The van der Waals surface area contributed by atoms with Crippen molar-refractivity contribution in [2.75, 3.05) is 0 Å². The first kappa shape index (κ1) is 13.1. The van der Waals surface area contributed by atoms with Gasteiger partial charge < -0.3 is 0 Å². The Morgan fingerprint density at radius 1 is 1.21 bits per heavy atom. The quantitative estimate of drug-likeness (QED) is 0.573. The molecule has 0 saturated heterocycles. The van der Waals surface area contributed by atoms with Crippen LogP contribution in [0.4, 0.5) is 0 Å². The molecule has 1 aromatic heterocycles. The fourth-order valence-electron chi connectivity index (χ4n) is 2.99. The third kappa shape index (κ3) is 2.55. The molecule has 0 N–H and O–H groups in total. The van der Waals surface area contributed by atoms with Crippen LogP contribution >= 0.6 is 15.9 Å². The molecule has 3 rings (SSSR count). The maximum atomic E-state index is 6.08. The van der Waals surface area contributed by atoms with E-state index in [1.165, 1.54) is 23.1 Å². The lowest BCUT2D eigenvalue weighted by Crippen LogP contribution is -2.26. The molecule has 1 aromatic carbocycles. The smallest absolute Gasteiger partial charge is 0.212 e. The van der Waals surface area contributed by atoms with E-state index < -0.39 is 0 Å². The van der Waals surface area contributed by atoms with E-state index in [2.05, 4.69) is 54.9 Å². The molecular formula is C17H20BrO+. The number of halogens is 1. The molecule has 1 aliphatic carbocycles. The molecule has 1 heterocycles. The van der Waals surface area contributed by atoms with Crippen molar-refractivity contribution in [1.82, 2.24) is 0 Å². The summed E-state index contributed by atoms with van der Waals surface area (Å²) in [5, 5.41) is 1.20. The number of rotatable bonds is 0. The Kier molecular flexibility index (Phi) is 3.17. The molecule has 2 heteroatoms. The molecule has 0 fully saturated rings. The molecule has 0 bridgehead atoms. The molecular weight excluding hydrogens is 300 g/mol. The summed E-state index contributed by atoms with van der Waals surface area (Å²) >= 11 is 3.53. The number of benzene rings is 1. The Bertz CT molecular complexity index is 625. The second-order valence-corrected chi connectivity index (χ2v) is 7.60. The summed E-state index contributed by atoms with van der Waals surface area (Å²) in [6.45, 7) is 7.03. The summed E-state index contributed by atoms with van der Waals surface area (Å²) in [6.07, 6.45) is 3.45. The molecule has 2 aromatic rings. The second-order valence-electron chi connectivity index (χ2n) is 6.68. The van der Waals surface area contributed by atoms with Crippen molar-refractivity contribution < 1.29 is 4.42 Å². The van der Waals surface area contributed by atoms with E-state index in [4.69, 9.17) is 4.42 Å². The Morgan fingerprint density at radius 2 is 2.00 bits per heavy atom. The second kappa shape index (κ2) is 4.59. The van der Waals surface area contributed by atoms with Crippen LogP contribution in [0, 0.1) is 11.3 Å². The molecule has 0 spiro atoms. The largest absolute Gasteiger partial charge is 0.360 e. The fraction of sp³-hybridized carbons (Fsp3) is 0.471. The van der Waals surface area contributed by atoms with Gasteiger partial charge in [0.25, 0.3) is 0 Å². The van der Waals surface area contributed by atoms with E-state index >= 15 is 0 Å². The van der Waals surface area contributed by atoms with Crippen molar-refractivity contribution in [3.8, 4) is 0 Å². The summed E-state index contributed by atoms with van der Waals surface area (Å²) in [5.41, 5.74) is 2.78. The third-order valence-corrected chi connectivity index (χ3v) is 4.80. The van der Waals surface area contributed by atoms with Crippen LogP contribution in [0.3, 0.4) is 0 Å². The van der Waals surface area contributed by atoms with Gasteiger partial charge in [-0.3, -0.25) is 0 Å². The monoisotopic (exact) mass is 319 g/mol. The zero-order chi connectivity index (χ0) is 13.6. The number of hydrogen-bond acceptors (Lipinski definition) is 0. The van der Waals surface area contributed by atoms with Crippen molar-refractivity contribution in [3.63, 3.8) is 0 Å². The molecule has 1 atom stereocenters. The third-order valence-electron chi connectivity index (χ3n) is 4.30. The maximum absolute atomic E-state index is 6.08. The van der Waals surface area contributed by atoms with Gasteiger partial charge in [0.2, 0.25) is 0 Å². The standard InChI is InChI=1S/C17H20BrO/c1-17(2,3)13-4-6-15-11(9-13)8-12-10-14(18)5-7-16(12)19-15/h5,7-8,10,13H,4,6,9H2,1-3H3/q+1. The van der Waals surface area contributed by atoms with Crippen molar-refractivity contribution in [1.29, 1.82) is 0 Å². The van der Waals surface area contributed by atoms with Gasteiger partial charge in [-0.2, -0.15) is 0 Å². The van der Waals surface area contributed by atoms with Gasteiger partial charge in [0.15, 0.2) is 0 Å². The Morgan fingerprint density at radius 3 is 2.74 bits per heavy atom. The Hall–Kier alpha value is -0.890. The van der Waals surface area contributed by atoms with Crippen molar-refractivity contribution >= 4 is 26.9 Å². The van der Waals surface area contributed by atoms with Gasteiger partial charge in [-0.05, 0) is 42.4 Å². The van der Waals surface area contributed by atoms with Crippen LogP contribution < -0.4 is 0 Å². The molecule has 1 aliphatic rings. The normalized spacial score (nSPS) is 19.5. The van der Waals surface area contributed by atoms with E-state index in [-0.39, 0.29) is 0 Å². The Balaban J connectivity index is 2.04. The van der Waals surface area contributed by atoms with Crippen LogP contribution in [0.15, 0.2) is 33.2 Å². The van der Waals surface area contributed by atoms with Gasteiger partial charge in [-0.25, -0.2) is 4.42 Å². The minimum Gasteiger partial charge on any atom is -0.212 e. The SMILES string of the molecule is CC(C)(C)C1CCc2[o+]c3ccc(Br)cc3cc2C1. The molecule has 0 amide bonds. The van der Waals surface area contributed by atoms with Crippen molar-refractivity contribution in [2.45, 2.75) is 40.0 Å². The zero-order valence-electron chi connectivity index (χ0n) is 11.8. The summed E-state index contributed by atoms with van der Waals surface area (Å²) in [4.78, 5) is 0. The van der Waals surface area contributed by atoms with Crippen LogP contribution in [0.2, 0.25) is 0 Å². The highest BCUT2D eigenvalue weighted by atomic mass is 79.9. The van der Waals surface area contributed by atoms with Crippen LogP contribution in [-0.4, -0.2) is 0 Å². The average molecular weight is 320 g/mol. The molecule has 1 unspecified atom stereocenters. The summed E-state index contributed by atoms with van der Waals surface area (Å²) < 4.78 is 7.19. The predicted molar refractivity (Wildman–Crippen MR) is 83.3 cm³/mol. The highest BCUT2D eigenvalue weighted by molar-refractivity contribution is 9.10. The van der Waals surface area contributed by atoms with Gasteiger partial charge in [-0.1, -0.05) is 36.7 Å². The minimum atomic E-state index is 0.379. The number of aryl methyl sites for hydroxylation is 1. The number of hydrogen-bond donors (Lipinski definition) is 0. The molecule has 0 aliphatic heterocycles. The fourth-order valence-corrected chi connectivity index (χ4v) is 3.37. The van der Waals surface area contributed by atoms with Gasteiger partial charge in [0.05, 0.1) is 17.4 Å². The topological polar surface area (TPSA) is 11.3 Å². The molecule has 0 saturated carbocycles. The highest BCUT2D eigenvalue weighted by Crippen LogP contribution is 2.38. The van der Waals surface area contributed by atoms with Gasteiger partial charge in [-0.15, -0.1) is 0 Å². The predicted octanol–water partition coefficient (Wildman–Crippen LogP) is 5.63. The molecule has 0 radical (unpaired) electrons. The van der Waals surface area contributed by atoms with Crippen LogP contribution in [0.25, 0.3) is 11.0 Å². The lowest BCUT2D eigenvalue weighted by Gasteiger charge is -2.32. The first-order valence-electron chi connectivity index (χ1n) is 6.97. The van der Waals surface area contributed by atoms with Gasteiger partial charge >= 0.3 is 11.3 Å². The van der Waals surface area contributed by atoms with E-state index in [9.17, 15) is 0 Å². The minimum absolute atomic E-state index is 0.379. The average Bonchev–Trinajstić information content (AvgIpc) is 2.34. The molecule has 1 nitrogen and oxygen atoms in total. The van der Waals surface area contributed by atoms with E-state index in [1.807, 2.05) is 6.07 Å². The van der Waals surface area contributed by atoms with E-state index in [0.717, 1.165) is 28.8 Å². The van der Waals surface area contributed by atoms with Crippen LogP contribution in [0.5, 0.6) is 0 Å². The van der Waals surface area contributed by atoms with Crippen LogP contribution in [-0.2, 0) is 12.8 Å². The van der Waals surface area contributed by atoms with Gasteiger partial charge in [0, 0.05) is 10.5 Å². The van der Waals surface area contributed by atoms with E-state index in [0.29, 0.717) is 5.41 Å². The molecule has 100 valence electrons. The summed E-state index contributed by atoms with van der Waals surface area (Å²) in [6, 6.07) is 8.55. The first-order valence-corrected chi connectivity index (χ1v) is 7.77. The zero-order valence-corrected chi connectivity index (χ0v) is 13.4. The van der Waals surface area contributed by atoms with Crippen LogP contribution in [0.1, 0.15) is 38.5 Å². The van der Waals surface area contributed by atoms with Crippen molar-refractivity contribution in [3.05, 3.63) is 40.1 Å². The lowest BCUT2D eigenvalue weighted by atomic mass is 9.72. The summed E-state index contributed by atoms with van der Waals surface area (Å²) in [5.74, 6) is 1.94. The molecule has 19 heavy (non-hydrogen) atoms. The maximum Gasteiger partial charge on any atom is 0.360 e. The first-order chi connectivity index (χ1) is 8.93. The van der Waals surface area contributed by atoms with Gasteiger partial charge in [0.1, 0.15) is 0 Å². The lowest BCUT2D eigenvalue weighted by molar-refractivity contribution is 0.208.